The molecule has 0 unspecified atom stereocenters. The van der Waals surface area contributed by atoms with Crippen LogP contribution in [0.15, 0.2) is 46.9 Å². The minimum absolute atomic E-state index is 0.00544. The van der Waals surface area contributed by atoms with Crippen molar-refractivity contribution in [3.8, 4) is 0 Å². The van der Waals surface area contributed by atoms with Crippen LogP contribution in [0.3, 0.4) is 0 Å². The first-order valence-corrected chi connectivity index (χ1v) is 11.2. The van der Waals surface area contributed by atoms with Gasteiger partial charge in [-0.2, -0.15) is 0 Å². The van der Waals surface area contributed by atoms with E-state index < -0.39 is 15.8 Å². The van der Waals surface area contributed by atoms with Gasteiger partial charge in [0.1, 0.15) is 5.82 Å². The first kappa shape index (κ1) is 22.3. The molecule has 0 heterocycles. The Balaban J connectivity index is 1.98. The van der Waals surface area contributed by atoms with Crippen molar-refractivity contribution >= 4 is 43.2 Å². The van der Waals surface area contributed by atoms with Gasteiger partial charge in [-0.05, 0) is 42.3 Å². The molecule has 0 aliphatic carbocycles. The lowest BCUT2D eigenvalue weighted by Crippen LogP contribution is -2.32. The number of rotatable bonds is 9. The van der Waals surface area contributed by atoms with Gasteiger partial charge in [0.25, 0.3) is 0 Å². The Morgan fingerprint density at radius 1 is 1.25 bits per heavy atom. The summed E-state index contributed by atoms with van der Waals surface area (Å²) in [5.41, 5.74) is 1.52. The summed E-state index contributed by atoms with van der Waals surface area (Å²) in [6, 6.07) is 11.4. The normalized spacial score (nSPS) is 11.3. The predicted molar refractivity (Wildman–Crippen MR) is 111 cm³/mol. The zero-order chi connectivity index (χ0) is 20.7. The third-order valence-electron chi connectivity index (χ3n) is 3.87. The van der Waals surface area contributed by atoms with Crippen molar-refractivity contribution < 1.29 is 22.3 Å². The van der Waals surface area contributed by atoms with Gasteiger partial charge in [-0.25, -0.2) is 12.8 Å². The number of sulfonamides is 1. The fourth-order valence-electron chi connectivity index (χ4n) is 2.66. The molecule has 0 atom stereocenters. The van der Waals surface area contributed by atoms with E-state index in [0.29, 0.717) is 16.8 Å². The molecule has 2 aromatic rings. The number of amides is 1. The van der Waals surface area contributed by atoms with Gasteiger partial charge in [0, 0.05) is 30.2 Å². The van der Waals surface area contributed by atoms with E-state index in [4.69, 9.17) is 4.74 Å². The van der Waals surface area contributed by atoms with Crippen LogP contribution in [-0.4, -0.2) is 34.2 Å². The smallest absolute Gasteiger partial charge is 0.232 e. The zero-order valence-electron chi connectivity index (χ0n) is 15.6. The molecule has 152 valence electrons. The number of nitrogens with one attached hydrogen (secondary N) is 1. The second kappa shape index (κ2) is 9.99. The lowest BCUT2D eigenvalue weighted by Gasteiger charge is -2.23. The van der Waals surface area contributed by atoms with Crippen LogP contribution < -0.4 is 9.62 Å². The highest BCUT2D eigenvalue weighted by Crippen LogP contribution is 2.25. The van der Waals surface area contributed by atoms with E-state index >= 15 is 0 Å². The molecule has 0 bridgehead atoms. The first-order valence-electron chi connectivity index (χ1n) is 8.51. The lowest BCUT2D eigenvalue weighted by atomic mass is 10.2. The number of anilines is 2. The molecule has 0 aliphatic rings. The second-order valence-corrected chi connectivity index (χ2v) is 9.04. The second-order valence-electron chi connectivity index (χ2n) is 6.22. The summed E-state index contributed by atoms with van der Waals surface area (Å²) in [4.78, 5) is 12.2. The Bertz CT molecular complexity index is 937. The van der Waals surface area contributed by atoms with Crippen LogP contribution >= 0.6 is 15.9 Å². The summed E-state index contributed by atoms with van der Waals surface area (Å²) in [5, 5.41) is 2.77. The highest BCUT2D eigenvalue weighted by Gasteiger charge is 2.21. The van der Waals surface area contributed by atoms with Gasteiger partial charge in [0.2, 0.25) is 15.9 Å². The number of nitrogens with zero attached hydrogens (tertiary/aromatic N) is 1. The average molecular weight is 473 g/mol. The zero-order valence-corrected chi connectivity index (χ0v) is 18.0. The summed E-state index contributed by atoms with van der Waals surface area (Å²) >= 11 is 3.15. The Hall–Kier alpha value is -1.97. The Morgan fingerprint density at radius 2 is 2.00 bits per heavy atom. The van der Waals surface area contributed by atoms with Gasteiger partial charge >= 0.3 is 0 Å². The van der Waals surface area contributed by atoms with Crippen molar-refractivity contribution in [1.29, 1.82) is 0 Å². The third-order valence-corrected chi connectivity index (χ3v) is 5.54. The molecule has 0 fully saturated rings. The van der Waals surface area contributed by atoms with Crippen LogP contribution in [-0.2, 0) is 26.2 Å². The highest BCUT2D eigenvalue weighted by molar-refractivity contribution is 9.10. The minimum Gasteiger partial charge on any atom is -0.380 e. The average Bonchev–Trinajstić information content (AvgIpc) is 2.59. The van der Waals surface area contributed by atoms with Gasteiger partial charge in [-0.3, -0.25) is 9.10 Å². The fraction of sp³-hybridized carbons (Fsp3) is 0.316. The first-order chi connectivity index (χ1) is 13.2. The Morgan fingerprint density at radius 3 is 2.64 bits per heavy atom. The Kier molecular flexibility index (Phi) is 7.97. The van der Waals surface area contributed by atoms with E-state index in [1.54, 1.807) is 25.3 Å². The molecule has 1 amide bonds. The minimum atomic E-state index is -3.69. The quantitative estimate of drug-likeness (QED) is 0.599. The monoisotopic (exact) mass is 472 g/mol. The summed E-state index contributed by atoms with van der Waals surface area (Å²) in [5.74, 6) is -0.904. The van der Waals surface area contributed by atoms with Crippen LogP contribution in [0.25, 0.3) is 0 Å². The van der Waals surface area contributed by atoms with Crippen molar-refractivity contribution in [2.45, 2.75) is 19.4 Å². The fourth-order valence-corrected chi connectivity index (χ4v) is 3.96. The molecule has 0 aliphatic heterocycles. The van der Waals surface area contributed by atoms with Gasteiger partial charge in [-0.1, -0.05) is 28.1 Å². The third kappa shape index (κ3) is 6.57. The molecule has 2 rings (SSSR count). The molecule has 1 N–H and O–H groups in total. The summed E-state index contributed by atoms with van der Waals surface area (Å²) in [6.45, 7) is 0.431. The number of hydrogen-bond donors (Lipinski definition) is 1. The van der Waals surface area contributed by atoms with Gasteiger partial charge in [0.15, 0.2) is 0 Å². The molecule has 0 saturated carbocycles. The number of carbonyl (C=O) groups is 1. The van der Waals surface area contributed by atoms with E-state index in [1.165, 1.54) is 12.1 Å². The lowest BCUT2D eigenvalue weighted by molar-refractivity contribution is -0.116. The van der Waals surface area contributed by atoms with Crippen LogP contribution in [0.2, 0.25) is 0 Å². The standard InChI is InChI=1S/C19H22BrFN2O4S/c1-27-13-14-5-3-6-16(11-14)22-19(24)7-4-10-23(28(2,25)26)18-9-8-15(20)12-17(18)21/h3,5-6,8-9,11-12H,4,7,10,13H2,1-2H3,(H,22,24). The molecule has 6 nitrogen and oxygen atoms in total. The van der Waals surface area contributed by atoms with E-state index in [1.807, 2.05) is 12.1 Å². The van der Waals surface area contributed by atoms with Gasteiger partial charge in [0.05, 0.1) is 18.6 Å². The van der Waals surface area contributed by atoms with E-state index in [-0.39, 0.29) is 31.0 Å². The summed E-state index contributed by atoms with van der Waals surface area (Å²) in [6.07, 6.45) is 1.35. The molecule has 28 heavy (non-hydrogen) atoms. The molecule has 0 spiro atoms. The van der Waals surface area contributed by atoms with Gasteiger partial charge < -0.3 is 10.1 Å². The predicted octanol–water partition coefficient (Wildman–Crippen LogP) is 3.92. The number of ether oxygens (including phenoxy) is 1. The van der Waals surface area contributed by atoms with Crippen LogP contribution in [0, 0.1) is 5.82 Å². The highest BCUT2D eigenvalue weighted by atomic mass is 79.9. The molecular formula is C19H22BrFN2O4S. The molecule has 2 aromatic carbocycles. The molecular weight excluding hydrogens is 451 g/mol. The van der Waals surface area contributed by atoms with E-state index in [9.17, 15) is 17.6 Å². The van der Waals surface area contributed by atoms with Crippen LogP contribution in [0.4, 0.5) is 15.8 Å². The molecule has 0 aromatic heterocycles. The number of methoxy groups -OCH3 is 1. The van der Waals surface area contributed by atoms with E-state index in [0.717, 1.165) is 16.1 Å². The van der Waals surface area contributed by atoms with Crippen molar-refractivity contribution in [3.63, 3.8) is 0 Å². The molecule has 0 radical (unpaired) electrons. The molecule has 0 saturated heterocycles. The maximum absolute atomic E-state index is 14.2. The number of halogens is 2. The van der Waals surface area contributed by atoms with Gasteiger partial charge in [-0.15, -0.1) is 0 Å². The maximum atomic E-state index is 14.2. The van der Waals surface area contributed by atoms with Crippen LogP contribution in [0.5, 0.6) is 0 Å². The summed E-state index contributed by atoms with van der Waals surface area (Å²) < 4.78 is 44.9. The number of benzene rings is 2. The van der Waals surface area contributed by atoms with Crippen molar-refractivity contribution in [2.75, 3.05) is 29.5 Å². The number of hydrogen-bond acceptors (Lipinski definition) is 4. The summed E-state index contributed by atoms with van der Waals surface area (Å²) in [7, 11) is -2.10. The van der Waals surface area contributed by atoms with Crippen molar-refractivity contribution in [2.24, 2.45) is 0 Å². The SMILES string of the molecule is COCc1cccc(NC(=O)CCCN(c2ccc(Br)cc2F)S(C)(=O)=O)c1. The van der Waals surface area contributed by atoms with Crippen molar-refractivity contribution in [1.82, 2.24) is 0 Å². The van der Waals surface area contributed by atoms with Crippen molar-refractivity contribution in [3.05, 3.63) is 58.3 Å². The number of carbonyl (C=O) groups excluding carboxylic acids is 1. The maximum Gasteiger partial charge on any atom is 0.232 e. The topological polar surface area (TPSA) is 75.7 Å². The van der Waals surface area contributed by atoms with E-state index in [2.05, 4.69) is 21.2 Å². The molecule has 9 heteroatoms. The largest absolute Gasteiger partial charge is 0.380 e. The van der Waals surface area contributed by atoms with Crippen LogP contribution in [0.1, 0.15) is 18.4 Å². The Labute approximate surface area is 172 Å².